The molecule has 0 radical (unpaired) electrons. The van der Waals surface area contributed by atoms with E-state index in [1.807, 2.05) is 60.7 Å². The Kier molecular flexibility index (Phi) is 9.38. The van der Waals surface area contributed by atoms with Gasteiger partial charge in [0.15, 0.2) is 5.65 Å². The fraction of sp³-hybridized carbons (Fsp3) is 0.270. The molecule has 14 heteroatoms. The number of alkyl halides is 1. The van der Waals surface area contributed by atoms with E-state index in [-0.39, 0.29) is 38.2 Å². The van der Waals surface area contributed by atoms with E-state index in [9.17, 15) is 14.4 Å². The molecule has 0 saturated carbocycles. The molecule has 51 heavy (non-hydrogen) atoms. The summed E-state index contributed by atoms with van der Waals surface area (Å²) >= 11 is 0. The van der Waals surface area contributed by atoms with E-state index in [0.29, 0.717) is 34.7 Å². The number of nitrogens with one attached hydrogen (secondary N) is 1. The minimum atomic E-state index is -1.92. The number of rotatable bonds is 11. The summed E-state index contributed by atoms with van der Waals surface area (Å²) in [5.74, 6) is -1.35. The Morgan fingerprint density at radius 3 is 2.33 bits per heavy atom. The van der Waals surface area contributed by atoms with Gasteiger partial charge in [-0.25, -0.2) is 28.7 Å². The number of fused-ring (bicyclic) bond motifs is 2. The Hall–Kier alpha value is -6.18. The third-order valence-corrected chi connectivity index (χ3v) is 8.90. The van der Waals surface area contributed by atoms with E-state index >= 15 is 4.39 Å². The first-order valence-electron chi connectivity index (χ1n) is 16.5. The molecule has 1 aliphatic rings. The van der Waals surface area contributed by atoms with Gasteiger partial charge < -0.3 is 24.3 Å². The summed E-state index contributed by atoms with van der Waals surface area (Å²) in [6, 6.07) is 23.5. The number of imidazole rings is 1. The number of halogens is 1. The standard InChI is InChI=1S/C37H35FN8O5/c1-23-40-31-14-13-30(41-34(31)45(23)19-29(38)36(49)51-22-26-11-7-4-8-12-26)27-15-16-46-33(27)17-39-37(43-46)42-32-20-44(24(2)47)18-28(32)35(48)50-21-25-9-5-3-6-10-25/h3-17,28-29,32H,18-22H2,1-2H3,(H,42,43)/t28?,29?,32-/m1/s1. The number of nitrogens with zero attached hydrogens (tertiary/aromatic N) is 7. The number of esters is 2. The van der Waals surface area contributed by atoms with Gasteiger partial charge in [-0.05, 0) is 36.2 Å². The zero-order chi connectivity index (χ0) is 35.5. The molecule has 1 N–H and O–H groups in total. The monoisotopic (exact) mass is 690 g/mol. The smallest absolute Gasteiger partial charge is 0.342 e. The molecule has 4 aromatic heterocycles. The van der Waals surface area contributed by atoms with Crippen molar-refractivity contribution < 1.29 is 28.2 Å². The van der Waals surface area contributed by atoms with Crippen LogP contribution >= 0.6 is 0 Å². The molecule has 13 nitrogen and oxygen atoms in total. The minimum absolute atomic E-state index is 0.0213. The van der Waals surface area contributed by atoms with Crippen molar-refractivity contribution in [3.05, 3.63) is 108 Å². The molecule has 2 aromatic carbocycles. The van der Waals surface area contributed by atoms with E-state index < -0.39 is 30.1 Å². The lowest BCUT2D eigenvalue weighted by Gasteiger charge is -2.18. The predicted molar refractivity (Wildman–Crippen MR) is 185 cm³/mol. The van der Waals surface area contributed by atoms with Crippen LogP contribution in [0.4, 0.5) is 10.3 Å². The van der Waals surface area contributed by atoms with Crippen molar-refractivity contribution in [3.63, 3.8) is 0 Å². The van der Waals surface area contributed by atoms with Crippen molar-refractivity contribution in [1.29, 1.82) is 0 Å². The highest BCUT2D eigenvalue weighted by atomic mass is 19.1. The van der Waals surface area contributed by atoms with Crippen molar-refractivity contribution >= 4 is 40.5 Å². The Balaban J connectivity index is 1.07. The molecule has 5 heterocycles. The molecule has 1 fully saturated rings. The maximum absolute atomic E-state index is 15.2. The lowest BCUT2D eigenvalue weighted by atomic mass is 10.0. The number of pyridine rings is 1. The number of aryl methyl sites for hydroxylation is 1. The molecule has 0 spiro atoms. The van der Waals surface area contributed by atoms with Gasteiger partial charge in [-0.15, -0.1) is 5.10 Å². The SMILES string of the molecule is CC(=O)N1CC(C(=O)OCc2ccccc2)[C@H](Nc2ncc3c(-c4ccc5nc(C)n(CC(F)C(=O)OCc6ccccc6)c5n4)ccn3n2)C1. The van der Waals surface area contributed by atoms with Crippen LogP contribution in [0.1, 0.15) is 23.9 Å². The number of aromatic nitrogens is 6. The first-order valence-corrected chi connectivity index (χ1v) is 16.5. The van der Waals surface area contributed by atoms with Crippen LogP contribution in [-0.4, -0.2) is 77.2 Å². The average molecular weight is 691 g/mol. The first-order chi connectivity index (χ1) is 24.7. The molecule has 7 rings (SSSR count). The number of likely N-dealkylation sites (tertiary alicyclic amines) is 1. The Labute approximate surface area is 292 Å². The molecule has 260 valence electrons. The van der Waals surface area contributed by atoms with Crippen LogP contribution in [0.2, 0.25) is 0 Å². The predicted octanol–water partition coefficient (Wildman–Crippen LogP) is 4.53. The minimum Gasteiger partial charge on any atom is -0.460 e. The molecule has 1 amide bonds. The highest BCUT2D eigenvalue weighted by Gasteiger charge is 2.40. The number of hydrogen-bond donors (Lipinski definition) is 1. The molecule has 1 saturated heterocycles. The van der Waals surface area contributed by atoms with Gasteiger partial charge >= 0.3 is 11.9 Å². The third kappa shape index (κ3) is 7.25. The fourth-order valence-electron chi connectivity index (χ4n) is 6.17. The number of carbonyl (C=O) groups is 3. The van der Waals surface area contributed by atoms with Crippen molar-refractivity contribution in [1.82, 2.24) is 34.0 Å². The van der Waals surface area contributed by atoms with E-state index in [0.717, 1.165) is 16.7 Å². The lowest BCUT2D eigenvalue weighted by Crippen LogP contribution is -2.35. The van der Waals surface area contributed by atoms with Gasteiger partial charge in [0.05, 0.1) is 35.9 Å². The summed E-state index contributed by atoms with van der Waals surface area (Å²) in [7, 11) is 0. The van der Waals surface area contributed by atoms with Gasteiger partial charge in [0, 0.05) is 31.8 Å². The second-order valence-corrected chi connectivity index (χ2v) is 12.4. The molecule has 1 aliphatic heterocycles. The molecule has 0 aliphatic carbocycles. The second-order valence-electron chi connectivity index (χ2n) is 12.4. The lowest BCUT2D eigenvalue weighted by molar-refractivity contribution is -0.151. The Morgan fingerprint density at radius 1 is 0.922 bits per heavy atom. The molecule has 6 aromatic rings. The molecule has 3 atom stereocenters. The van der Waals surface area contributed by atoms with Gasteiger partial charge in [0.25, 0.3) is 0 Å². The third-order valence-electron chi connectivity index (χ3n) is 8.90. The van der Waals surface area contributed by atoms with E-state index in [4.69, 9.17) is 14.5 Å². The van der Waals surface area contributed by atoms with Crippen LogP contribution < -0.4 is 5.32 Å². The van der Waals surface area contributed by atoms with Gasteiger partial charge in [0.2, 0.25) is 18.0 Å². The van der Waals surface area contributed by atoms with Crippen LogP contribution in [0.25, 0.3) is 27.9 Å². The topological polar surface area (TPSA) is 146 Å². The largest absolute Gasteiger partial charge is 0.460 e. The number of benzene rings is 2. The molecular weight excluding hydrogens is 655 g/mol. The van der Waals surface area contributed by atoms with Gasteiger partial charge in [-0.2, -0.15) is 0 Å². The zero-order valence-corrected chi connectivity index (χ0v) is 28.0. The summed E-state index contributed by atoms with van der Waals surface area (Å²) in [5, 5.41) is 7.85. The Bertz CT molecular complexity index is 2210. The molecule has 2 unspecified atom stereocenters. The highest BCUT2D eigenvalue weighted by Crippen LogP contribution is 2.28. The number of ether oxygens (including phenoxy) is 2. The maximum atomic E-state index is 15.2. The quantitative estimate of drug-likeness (QED) is 0.193. The van der Waals surface area contributed by atoms with E-state index in [2.05, 4.69) is 20.4 Å². The number of hydrogen-bond acceptors (Lipinski definition) is 10. The van der Waals surface area contributed by atoms with Crippen LogP contribution in [0.3, 0.4) is 0 Å². The average Bonchev–Trinajstić information content (AvgIpc) is 3.85. The summed E-state index contributed by atoms with van der Waals surface area (Å²) in [6.07, 6.45) is 1.48. The van der Waals surface area contributed by atoms with Gasteiger partial charge in [0.1, 0.15) is 24.6 Å². The first kappa shape index (κ1) is 33.3. The van der Waals surface area contributed by atoms with Crippen LogP contribution in [0.5, 0.6) is 0 Å². The van der Waals surface area contributed by atoms with Crippen molar-refractivity contribution in [2.45, 2.75) is 45.8 Å². The summed E-state index contributed by atoms with van der Waals surface area (Å²) in [4.78, 5) is 53.3. The van der Waals surface area contributed by atoms with E-state index in [1.54, 1.807) is 51.5 Å². The van der Waals surface area contributed by atoms with Crippen LogP contribution in [-0.2, 0) is 43.6 Å². The molecule has 0 bridgehead atoms. The number of anilines is 1. The van der Waals surface area contributed by atoms with Crippen molar-refractivity contribution in [2.24, 2.45) is 5.92 Å². The molecular formula is C37H35FN8O5. The highest BCUT2D eigenvalue weighted by molar-refractivity contribution is 5.83. The summed E-state index contributed by atoms with van der Waals surface area (Å²) in [5.41, 5.74) is 4.56. The number of carbonyl (C=O) groups excluding carboxylic acids is 3. The summed E-state index contributed by atoms with van der Waals surface area (Å²) in [6.45, 7) is 3.52. The summed E-state index contributed by atoms with van der Waals surface area (Å²) < 4.78 is 29.2. The van der Waals surface area contributed by atoms with Crippen molar-refractivity contribution in [2.75, 3.05) is 18.4 Å². The maximum Gasteiger partial charge on any atom is 0.342 e. The number of amides is 1. The Morgan fingerprint density at radius 2 is 1.63 bits per heavy atom. The van der Waals surface area contributed by atoms with E-state index in [1.165, 1.54) is 6.92 Å². The van der Waals surface area contributed by atoms with Gasteiger partial charge in [-0.3, -0.25) is 9.59 Å². The zero-order valence-electron chi connectivity index (χ0n) is 28.0. The van der Waals surface area contributed by atoms with Gasteiger partial charge in [-0.1, -0.05) is 60.7 Å². The van der Waals surface area contributed by atoms with Crippen LogP contribution in [0.15, 0.2) is 91.3 Å². The second kappa shape index (κ2) is 14.4. The fourth-order valence-corrected chi connectivity index (χ4v) is 6.17. The van der Waals surface area contributed by atoms with Crippen LogP contribution in [0, 0.1) is 12.8 Å². The van der Waals surface area contributed by atoms with Crippen molar-refractivity contribution in [3.8, 4) is 11.3 Å². The normalized spacial score (nSPS) is 16.3.